The molecule has 1 aliphatic rings. The second kappa shape index (κ2) is 10.3. The molecule has 194 valence electrons. The molecule has 1 aliphatic heterocycles. The topological polar surface area (TPSA) is 112 Å². The molecule has 1 fully saturated rings. The molecule has 0 spiro atoms. The second-order valence-corrected chi connectivity index (χ2v) is 9.02. The molecule has 1 saturated heterocycles. The first-order valence-electron chi connectivity index (χ1n) is 12.4. The van der Waals surface area contributed by atoms with E-state index in [2.05, 4.69) is 4.98 Å². The van der Waals surface area contributed by atoms with Gasteiger partial charge in [-0.2, -0.15) is 0 Å². The van der Waals surface area contributed by atoms with Gasteiger partial charge in [0.25, 0.3) is 11.7 Å². The van der Waals surface area contributed by atoms with Crippen LogP contribution in [0.5, 0.6) is 17.2 Å². The summed E-state index contributed by atoms with van der Waals surface area (Å²) in [7, 11) is 1.61. The largest absolute Gasteiger partial charge is 0.508 e. The van der Waals surface area contributed by atoms with E-state index in [9.17, 15) is 19.8 Å². The summed E-state index contributed by atoms with van der Waals surface area (Å²) in [5.74, 6) is -0.287. The highest BCUT2D eigenvalue weighted by Gasteiger charge is 2.45. The van der Waals surface area contributed by atoms with Crippen LogP contribution < -0.4 is 9.47 Å². The van der Waals surface area contributed by atoms with Crippen molar-refractivity contribution in [1.29, 1.82) is 0 Å². The number of amides is 1. The summed E-state index contributed by atoms with van der Waals surface area (Å²) in [6, 6.07) is 17.9. The Morgan fingerprint density at radius 3 is 2.39 bits per heavy atom. The molecule has 2 heterocycles. The molecule has 3 N–H and O–H groups in total. The van der Waals surface area contributed by atoms with Crippen molar-refractivity contribution >= 4 is 28.4 Å². The number of Topliss-reactive ketones (excluding diaryl/α,β-unsaturated/α-hetero) is 1. The summed E-state index contributed by atoms with van der Waals surface area (Å²) in [5.41, 5.74) is 2.92. The number of rotatable bonds is 8. The van der Waals surface area contributed by atoms with E-state index in [1.807, 2.05) is 31.3 Å². The number of ether oxygens (including phenoxy) is 2. The molecule has 0 saturated carbocycles. The lowest BCUT2D eigenvalue weighted by Crippen LogP contribution is -2.31. The smallest absolute Gasteiger partial charge is 0.295 e. The molecule has 1 aromatic heterocycles. The average Bonchev–Trinajstić information content (AvgIpc) is 3.45. The van der Waals surface area contributed by atoms with Gasteiger partial charge in [-0.3, -0.25) is 9.59 Å². The van der Waals surface area contributed by atoms with Crippen molar-refractivity contribution in [1.82, 2.24) is 9.88 Å². The Morgan fingerprint density at radius 1 is 1.00 bits per heavy atom. The number of hydrogen-bond donors (Lipinski definition) is 3. The fourth-order valence-corrected chi connectivity index (χ4v) is 4.88. The van der Waals surface area contributed by atoms with Crippen LogP contribution in [0.15, 0.2) is 78.5 Å². The monoisotopic (exact) mass is 512 g/mol. The number of methoxy groups -OCH3 is 1. The highest BCUT2D eigenvalue weighted by molar-refractivity contribution is 6.46. The van der Waals surface area contributed by atoms with Gasteiger partial charge in [-0.05, 0) is 79.1 Å². The van der Waals surface area contributed by atoms with E-state index in [4.69, 9.17) is 9.47 Å². The minimum absolute atomic E-state index is 0.00504. The number of H-pyrrole nitrogens is 1. The van der Waals surface area contributed by atoms with E-state index in [0.717, 1.165) is 22.2 Å². The molecule has 1 atom stereocenters. The fourth-order valence-electron chi connectivity index (χ4n) is 4.88. The van der Waals surface area contributed by atoms with Crippen LogP contribution in [-0.2, 0) is 16.0 Å². The zero-order valence-corrected chi connectivity index (χ0v) is 21.1. The minimum Gasteiger partial charge on any atom is -0.508 e. The van der Waals surface area contributed by atoms with Gasteiger partial charge in [0.05, 0.1) is 25.3 Å². The number of aromatic amines is 1. The normalized spacial score (nSPS) is 16.8. The van der Waals surface area contributed by atoms with E-state index < -0.39 is 17.7 Å². The Hall–Kier alpha value is -4.72. The number of aromatic hydroxyl groups is 1. The number of phenolic OH excluding ortho intramolecular Hbond substituents is 1. The molecular formula is C30H28N2O6. The molecule has 0 aliphatic carbocycles. The van der Waals surface area contributed by atoms with Crippen molar-refractivity contribution in [2.75, 3.05) is 20.3 Å². The van der Waals surface area contributed by atoms with Crippen LogP contribution in [0.1, 0.15) is 29.7 Å². The Bertz CT molecular complexity index is 1520. The Balaban J connectivity index is 1.53. The first kappa shape index (κ1) is 25.0. The van der Waals surface area contributed by atoms with Crippen LogP contribution in [0.4, 0.5) is 0 Å². The van der Waals surface area contributed by atoms with Crippen LogP contribution in [0, 0.1) is 0 Å². The summed E-state index contributed by atoms with van der Waals surface area (Å²) in [4.78, 5) is 31.3. The number of carbonyl (C=O) groups is 2. The molecule has 5 rings (SSSR count). The number of benzene rings is 3. The van der Waals surface area contributed by atoms with Crippen LogP contribution in [0.2, 0.25) is 0 Å². The third-order valence-corrected chi connectivity index (χ3v) is 6.78. The van der Waals surface area contributed by atoms with Gasteiger partial charge >= 0.3 is 0 Å². The van der Waals surface area contributed by atoms with Crippen molar-refractivity contribution in [2.24, 2.45) is 0 Å². The number of hydrogen-bond acceptors (Lipinski definition) is 6. The van der Waals surface area contributed by atoms with Crippen molar-refractivity contribution in [2.45, 2.75) is 19.4 Å². The molecule has 4 aromatic rings. The number of aliphatic hydroxyl groups is 1. The second-order valence-electron chi connectivity index (χ2n) is 9.02. The Kier molecular flexibility index (Phi) is 6.79. The van der Waals surface area contributed by atoms with E-state index in [1.54, 1.807) is 43.5 Å². The number of phenols is 1. The first-order valence-corrected chi connectivity index (χ1v) is 12.4. The standard InChI is InChI=1S/C30H28N2O6/c1-3-38-22-10-6-19(7-11-22)28(34)26-27(18-4-8-21(33)9-5-18)32(30(36)29(26)35)15-14-20-17-31-25-13-12-23(37-2)16-24(20)25/h4-13,16-17,27,31,33-34H,3,14-15H2,1-2H3/t27-/m1/s1. The van der Waals surface area contributed by atoms with Gasteiger partial charge in [0.15, 0.2) is 0 Å². The maximum absolute atomic E-state index is 13.3. The predicted molar refractivity (Wildman–Crippen MR) is 143 cm³/mol. The van der Waals surface area contributed by atoms with Gasteiger partial charge in [0.2, 0.25) is 0 Å². The van der Waals surface area contributed by atoms with E-state index >= 15 is 0 Å². The van der Waals surface area contributed by atoms with Crippen LogP contribution in [0.3, 0.4) is 0 Å². The molecular weight excluding hydrogens is 484 g/mol. The van der Waals surface area contributed by atoms with Gasteiger partial charge in [-0.15, -0.1) is 0 Å². The van der Waals surface area contributed by atoms with Gasteiger partial charge in [0, 0.05) is 29.2 Å². The average molecular weight is 513 g/mol. The number of nitrogens with zero attached hydrogens (tertiary/aromatic N) is 1. The van der Waals surface area contributed by atoms with Gasteiger partial charge in [0.1, 0.15) is 23.0 Å². The zero-order chi connectivity index (χ0) is 26.8. The summed E-state index contributed by atoms with van der Waals surface area (Å²) < 4.78 is 10.8. The van der Waals surface area contributed by atoms with E-state index in [1.165, 1.54) is 17.0 Å². The van der Waals surface area contributed by atoms with Crippen LogP contribution in [-0.4, -0.2) is 52.0 Å². The maximum Gasteiger partial charge on any atom is 0.295 e. The number of aliphatic hydroxyl groups excluding tert-OH is 1. The molecule has 0 radical (unpaired) electrons. The van der Waals surface area contributed by atoms with Crippen molar-refractivity contribution in [3.8, 4) is 17.2 Å². The summed E-state index contributed by atoms with van der Waals surface area (Å²) in [6.07, 6.45) is 2.36. The number of ketones is 1. The Labute approximate surface area is 219 Å². The van der Waals surface area contributed by atoms with E-state index in [-0.39, 0.29) is 23.6 Å². The summed E-state index contributed by atoms with van der Waals surface area (Å²) in [6.45, 7) is 2.61. The van der Waals surface area contributed by atoms with Gasteiger partial charge < -0.3 is 29.6 Å². The first-order chi connectivity index (χ1) is 18.4. The highest BCUT2D eigenvalue weighted by atomic mass is 16.5. The Morgan fingerprint density at radius 2 is 1.71 bits per heavy atom. The predicted octanol–water partition coefficient (Wildman–Crippen LogP) is 4.95. The third-order valence-electron chi connectivity index (χ3n) is 6.78. The zero-order valence-electron chi connectivity index (χ0n) is 21.1. The molecule has 8 heteroatoms. The van der Waals surface area contributed by atoms with Crippen LogP contribution in [0.25, 0.3) is 16.7 Å². The molecule has 3 aromatic carbocycles. The number of likely N-dealkylation sites (tertiary alicyclic amines) is 1. The van der Waals surface area contributed by atoms with Crippen molar-refractivity contribution in [3.05, 3.63) is 95.2 Å². The maximum atomic E-state index is 13.3. The SMILES string of the molecule is CCOc1ccc(C(O)=C2C(=O)C(=O)N(CCc3c[nH]c4ccc(OC)cc34)[C@@H]2c2ccc(O)cc2)cc1. The van der Waals surface area contributed by atoms with Gasteiger partial charge in [-0.25, -0.2) is 0 Å². The van der Waals surface area contributed by atoms with Crippen LogP contribution >= 0.6 is 0 Å². The highest BCUT2D eigenvalue weighted by Crippen LogP contribution is 2.40. The van der Waals surface area contributed by atoms with E-state index in [0.29, 0.717) is 29.9 Å². The number of fused-ring (bicyclic) bond motifs is 1. The molecule has 0 unspecified atom stereocenters. The number of carbonyl (C=O) groups excluding carboxylic acids is 2. The minimum atomic E-state index is -0.818. The number of nitrogens with one attached hydrogen (secondary N) is 1. The quantitative estimate of drug-likeness (QED) is 0.175. The lowest BCUT2D eigenvalue weighted by molar-refractivity contribution is -0.139. The summed E-state index contributed by atoms with van der Waals surface area (Å²) >= 11 is 0. The molecule has 1 amide bonds. The van der Waals surface area contributed by atoms with Crippen molar-refractivity contribution in [3.63, 3.8) is 0 Å². The van der Waals surface area contributed by atoms with Gasteiger partial charge in [-0.1, -0.05) is 12.1 Å². The molecule has 38 heavy (non-hydrogen) atoms. The fraction of sp³-hybridized carbons (Fsp3) is 0.200. The summed E-state index contributed by atoms with van der Waals surface area (Å²) in [5, 5.41) is 22.1. The number of aromatic nitrogens is 1. The molecule has 8 nitrogen and oxygen atoms in total. The van der Waals surface area contributed by atoms with Crippen molar-refractivity contribution < 1.29 is 29.3 Å². The lowest BCUT2D eigenvalue weighted by atomic mass is 9.95. The third kappa shape index (κ3) is 4.56. The molecule has 0 bridgehead atoms. The lowest BCUT2D eigenvalue weighted by Gasteiger charge is -2.25.